The lowest BCUT2D eigenvalue weighted by Crippen LogP contribution is -2.47. The Balaban J connectivity index is 1.64. The lowest BCUT2D eigenvalue weighted by Gasteiger charge is -2.34. The van der Waals surface area contributed by atoms with Crippen molar-refractivity contribution < 1.29 is 9.90 Å². The lowest BCUT2D eigenvalue weighted by molar-refractivity contribution is -0.137. The Bertz CT molecular complexity index is 640. The summed E-state index contributed by atoms with van der Waals surface area (Å²) < 4.78 is 0. The van der Waals surface area contributed by atoms with Gasteiger partial charge in [-0.2, -0.15) is 0 Å². The number of hydrogen-bond donors (Lipinski definition) is 1. The number of fused-ring (bicyclic) bond motifs is 1. The molecule has 2 heterocycles. The predicted octanol–water partition coefficient (Wildman–Crippen LogP) is 0.621. The van der Waals surface area contributed by atoms with Gasteiger partial charge in [0.2, 0.25) is 5.95 Å². The molecule has 7 nitrogen and oxygen atoms in total. The van der Waals surface area contributed by atoms with E-state index in [1.165, 1.54) is 0 Å². The van der Waals surface area contributed by atoms with Gasteiger partial charge in [0, 0.05) is 32.7 Å². The average molecular weight is 287 g/mol. The van der Waals surface area contributed by atoms with Gasteiger partial charge in [0.15, 0.2) is 0 Å². The van der Waals surface area contributed by atoms with E-state index in [-0.39, 0.29) is 6.42 Å². The number of benzene rings is 1. The Morgan fingerprint density at radius 1 is 1.10 bits per heavy atom. The summed E-state index contributed by atoms with van der Waals surface area (Å²) >= 11 is 0. The third-order valence-corrected chi connectivity index (χ3v) is 3.65. The van der Waals surface area contributed by atoms with Crippen molar-refractivity contribution in [2.45, 2.75) is 6.42 Å². The van der Waals surface area contributed by atoms with Gasteiger partial charge in [-0.15, -0.1) is 10.2 Å². The lowest BCUT2D eigenvalue weighted by atomic mass is 10.3. The minimum Gasteiger partial charge on any atom is -0.481 e. The molecule has 1 N–H and O–H groups in total. The van der Waals surface area contributed by atoms with Crippen LogP contribution in [0.25, 0.3) is 11.0 Å². The second-order valence-corrected chi connectivity index (χ2v) is 5.07. The van der Waals surface area contributed by atoms with Crippen molar-refractivity contribution in [3.8, 4) is 0 Å². The van der Waals surface area contributed by atoms with Gasteiger partial charge in [0.1, 0.15) is 5.52 Å². The van der Waals surface area contributed by atoms with Gasteiger partial charge in [-0.05, 0) is 12.1 Å². The van der Waals surface area contributed by atoms with Crippen LogP contribution in [-0.4, -0.2) is 63.9 Å². The largest absolute Gasteiger partial charge is 0.481 e. The zero-order chi connectivity index (χ0) is 14.7. The van der Waals surface area contributed by atoms with Crippen LogP contribution < -0.4 is 4.90 Å². The number of carbonyl (C=O) groups is 1. The first kappa shape index (κ1) is 13.7. The van der Waals surface area contributed by atoms with Crippen LogP contribution in [0.1, 0.15) is 6.42 Å². The highest BCUT2D eigenvalue weighted by molar-refractivity contribution is 5.74. The number of aromatic nitrogens is 3. The van der Waals surface area contributed by atoms with Gasteiger partial charge in [-0.1, -0.05) is 12.1 Å². The first-order chi connectivity index (χ1) is 10.2. The molecule has 0 atom stereocenters. The Morgan fingerprint density at radius 3 is 2.52 bits per heavy atom. The monoisotopic (exact) mass is 287 g/mol. The fourth-order valence-corrected chi connectivity index (χ4v) is 2.43. The molecule has 2 aromatic rings. The Hall–Kier alpha value is -2.28. The summed E-state index contributed by atoms with van der Waals surface area (Å²) in [5.74, 6) is -0.105. The van der Waals surface area contributed by atoms with E-state index < -0.39 is 5.97 Å². The number of hydrogen-bond acceptors (Lipinski definition) is 6. The van der Waals surface area contributed by atoms with E-state index in [0.29, 0.717) is 12.5 Å². The molecule has 0 radical (unpaired) electrons. The number of anilines is 1. The topological polar surface area (TPSA) is 82.5 Å². The van der Waals surface area contributed by atoms with E-state index in [2.05, 4.69) is 25.0 Å². The predicted molar refractivity (Wildman–Crippen MR) is 78.2 cm³/mol. The van der Waals surface area contributed by atoms with Crippen molar-refractivity contribution in [2.75, 3.05) is 37.6 Å². The molecule has 0 saturated carbocycles. The number of piperazine rings is 1. The van der Waals surface area contributed by atoms with Crippen molar-refractivity contribution in [2.24, 2.45) is 0 Å². The van der Waals surface area contributed by atoms with E-state index in [0.717, 1.165) is 37.2 Å². The van der Waals surface area contributed by atoms with Crippen molar-refractivity contribution in [1.29, 1.82) is 0 Å². The molecule has 1 aliphatic heterocycles. The summed E-state index contributed by atoms with van der Waals surface area (Å²) in [6, 6.07) is 7.67. The van der Waals surface area contributed by atoms with Crippen LogP contribution >= 0.6 is 0 Å². The molecule has 7 heteroatoms. The third kappa shape index (κ3) is 3.25. The summed E-state index contributed by atoms with van der Waals surface area (Å²) in [6.45, 7) is 3.83. The molecule has 0 bridgehead atoms. The van der Waals surface area contributed by atoms with Gasteiger partial charge < -0.3 is 10.0 Å². The van der Waals surface area contributed by atoms with Crippen molar-refractivity contribution >= 4 is 23.0 Å². The fourth-order valence-electron chi connectivity index (χ4n) is 2.43. The van der Waals surface area contributed by atoms with Crippen molar-refractivity contribution in [3.63, 3.8) is 0 Å². The standard InChI is InChI=1S/C14H17N5O2/c20-13(21)5-6-18-7-9-19(10-8-18)14-15-11-3-1-2-4-12(11)16-17-14/h1-4H,5-10H2,(H,20,21). The van der Waals surface area contributed by atoms with E-state index >= 15 is 0 Å². The second-order valence-electron chi connectivity index (χ2n) is 5.07. The third-order valence-electron chi connectivity index (χ3n) is 3.65. The minimum atomic E-state index is -0.750. The summed E-state index contributed by atoms with van der Waals surface area (Å²) in [5.41, 5.74) is 1.64. The summed E-state index contributed by atoms with van der Waals surface area (Å²) in [4.78, 5) is 19.4. The Labute approximate surface area is 122 Å². The number of carboxylic acids is 1. The van der Waals surface area contributed by atoms with Gasteiger partial charge in [0.05, 0.1) is 11.9 Å². The first-order valence-corrected chi connectivity index (χ1v) is 7.01. The molecule has 0 amide bonds. The number of aliphatic carboxylic acids is 1. The maximum absolute atomic E-state index is 10.6. The number of nitrogens with zero attached hydrogens (tertiary/aromatic N) is 5. The molecule has 110 valence electrons. The first-order valence-electron chi connectivity index (χ1n) is 7.01. The van der Waals surface area contributed by atoms with Crippen LogP contribution in [0, 0.1) is 0 Å². The molecule has 0 aliphatic carbocycles. The normalized spacial score (nSPS) is 16.3. The minimum absolute atomic E-state index is 0.189. The zero-order valence-electron chi connectivity index (χ0n) is 11.6. The molecule has 3 rings (SSSR count). The molecule has 1 fully saturated rings. The van der Waals surface area contributed by atoms with Gasteiger partial charge in [-0.25, -0.2) is 4.98 Å². The smallest absolute Gasteiger partial charge is 0.304 e. The second kappa shape index (κ2) is 6.01. The van der Waals surface area contributed by atoms with E-state index in [1.807, 2.05) is 24.3 Å². The molecule has 0 spiro atoms. The highest BCUT2D eigenvalue weighted by atomic mass is 16.4. The number of carboxylic acid groups (broad SMARTS) is 1. The maximum atomic E-state index is 10.6. The van der Waals surface area contributed by atoms with Crippen molar-refractivity contribution in [1.82, 2.24) is 20.1 Å². The average Bonchev–Trinajstić information content (AvgIpc) is 2.53. The molecular formula is C14H17N5O2. The Kier molecular flexibility index (Phi) is 3.92. The fraction of sp³-hybridized carbons (Fsp3) is 0.429. The zero-order valence-corrected chi connectivity index (χ0v) is 11.6. The van der Waals surface area contributed by atoms with Crippen LogP contribution in [-0.2, 0) is 4.79 Å². The number of para-hydroxylation sites is 1. The SMILES string of the molecule is O=C(O)CCN1CCN(c2nnc3ccccc3n2)CC1. The summed E-state index contributed by atoms with van der Waals surface area (Å²) in [7, 11) is 0. The van der Waals surface area contributed by atoms with Crippen LogP contribution in [0.15, 0.2) is 24.3 Å². The van der Waals surface area contributed by atoms with Gasteiger partial charge >= 0.3 is 5.97 Å². The van der Waals surface area contributed by atoms with Gasteiger partial charge in [0.25, 0.3) is 0 Å². The van der Waals surface area contributed by atoms with E-state index in [9.17, 15) is 4.79 Å². The molecule has 1 aliphatic rings. The summed E-state index contributed by atoms with van der Waals surface area (Å²) in [5, 5.41) is 17.1. The Morgan fingerprint density at radius 2 is 1.81 bits per heavy atom. The van der Waals surface area contributed by atoms with Crippen LogP contribution in [0.3, 0.4) is 0 Å². The molecule has 21 heavy (non-hydrogen) atoms. The summed E-state index contributed by atoms with van der Waals surface area (Å²) in [6.07, 6.45) is 0.189. The molecule has 0 unspecified atom stereocenters. The van der Waals surface area contributed by atoms with Crippen molar-refractivity contribution in [3.05, 3.63) is 24.3 Å². The highest BCUT2D eigenvalue weighted by Gasteiger charge is 2.19. The molecule has 1 aromatic carbocycles. The van der Waals surface area contributed by atoms with Gasteiger partial charge in [-0.3, -0.25) is 9.69 Å². The maximum Gasteiger partial charge on any atom is 0.304 e. The van der Waals surface area contributed by atoms with E-state index in [4.69, 9.17) is 5.11 Å². The number of rotatable bonds is 4. The van der Waals surface area contributed by atoms with Crippen LogP contribution in [0.5, 0.6) is 0 Å². The molecule has 1 aromatic heterocycles. The molecule has 1 saturated heterocycles. The van der Waals surface area contributed by atoms with E-state index in [1.54, 1.807) is 0 Å². The highest BCUT2D eigenvalue weighted by Crippen LogP contribution is 2.14. The van der Waals surface area contributed by atoms with Crippen LogP contribution in [0.2, 0.25) is 0 Å². The molecular weight excluding hydrogens is 270 g/mol. The quantitative estimate of drug-likeness (QED) is 0.882. The van der Waals surface area contributed by atoms with Crippen LogP contribution in [0.4, 0.5) is 5.95 Å².